The molecule has 1 aliphatic heterocycles. The fourth-order valence-corrected chi connectivity index (χ4v) is 5.41. The van der Waals surface area contributed by atoms with Crippen molar-refractivity contribution in [2.45, 2.75) is 49.9 Å². The minimum atomic E-state index is -1.85. The second kappa shape index (κ2) is 7.53. The van der Waals surface area contributed by atoms with E-state index in [4.69, 9.17) is 25.5 Å². The predicted octanol–water partition coefficient (Wildman–Crippen LogP) is 4.19. The normalized spacial score (nSPS) is 26.9. The number of ether oxygens (including phenoxy) is 2. The van der Waals surface area contributed by atoms with Gasteiger partial charge in [-0.2, -0.15) is 0 Å². The van der Waals surface area contributed by atoms with E-state index in [1.54, 1.807) is 19.1 Å². The first-order valence-corrected chi connectivity index (χ1v) is 13.2. The number of para-hydroxylation sites is 1. The van der Waals surface area contributed by atoms with Crippen LogP contribution in [-0.2, 0) is 24.1 Å². The van der Waals surface area contributed by atoms with Gasteiger partial charge in [0.1, 0.15) is 5.41 Å². The van der Waals surface area contributed by atoms with Crippen LogP contribution in [0.5, 0.6) is 0 Å². The van der Waals surface area contributed by atoms with Gasteiger partial charge in [0, 0.05) is 13.5 Å². The average molecular weight is 424 g/mol. The van der Waals surface area contributed by atoms with Crippen LogP contribution in [0, 0.1) is 0 Å². The molecule has 0 unspecified atom stereocenters. The quantitative estimate of drug-likeness (QED) is 0.536. The molecule has 0 N–H and O–H groups in total. The Kier molecular flexibility index (Phi) is 5.62. The summed E-state index contributed by atoms with van der Waals surface area (Å²) in [6.07, 6.45) is 0.843. The zero-order chi connectivity index (χ0) is 20.7. The first-order valence-electron chi connectivity index (χ1n) is 9.34. The average Bonchev–Trinajstić information content (AvgIpc) is 2.86. The molecule has 0 fully saturated rings. The molecule has 0 saturated heterocycles. The summed E-state index contributed by atoms with van der Waals surface area (Å²) in [5.41, 5.74) is -0.0591. The van der Waals surface area contributed by atoms with Crippen LogP contribution in [0.25, 0.3) is 0 Å². The van der Waals surface area contributed by atoms with Gasteiger partial charge in [0.05, 0.1) is 29.5 Å². The maximum absolute atomic E-state index is 13.6. The highest BCUT2D eigenvalue weighted by Gasteiger charge is 2.63. The van der Waals surface area contributed by atoms with Crippen molar-refractivity contribution in [2.24, 2.45) is 0 Å². The SMILES string of the molecule is CCOC(=O)N1C(=O)[C@@]2(c3ccccc31)[C@@H](OC)C=C(O[Si](C)(C)C)C[C@@H]2Cl. The van der Waals surface area contributed by atoms with Crippen molar-refractivity contribution in [3.05, 3.63) is 41.7 Å². The summed E-state index contributed by atoms with van der Waals surface area (Å²) in [7, 11) is -0.316. The summed E-state index contributed by atoms with van der Waals surface area (Å²) in [6.45, 7) is 8.13. The molecule has 1 aromatic rings. The summed E-state index contributed by atoms with van der Waals surface area (Å²) < 4.78 is 17.0. The summed E-state index contributed by atoms with van der Waals surface area (Å²) >= 11 is 6.86. The van der Waals surface area contributed by atoms with Crippen LogP contribution < -0.4 is 4.90 Å². The number of fused-ring (bicyclic) bond motifs is 2. The maximum Gasteiger partial charge on any atom is 0.421 e. The number of hydrogen-bond donors (Lipinski definition) is 0. The molecule has 0 saturated carbocycles. The number of carbonyl (C=O) groups excluding carboxylic acids is 2. The van der Waals surface area contributed by atoms with Crippen LogP contribution in [-0.4, -0.2) is 45.5 Å². The molecule has 0 radical (unpaired) electrons. The molecule has 6 nitrogen and oxygen atoms in total. The van der Waals surface area contributed by atoms with E-state index in [9.17, 15) is 9.59 Å². The Morgan fingerprint density at radius 1 is 1.32 bits per heavy atom. The highest BCUT2D eigenvalue weighted by molar-refractivity contribution is 6.70. The van der Waals surface area contributed by atoms with Crippen molar-refractivity contribution in [1.82, 2.24) is 0 Å². The van der Waals surface area contributed by atoms with E-state index in [-0.39, 0.29) is 6.61 Å². The number of benzene rings is 1. The lowest BCUT2D eigenvalue weighted by Gasteiger charge is -2.42. The number of allylic oxidation sites excluding steroid dienone is 1. The maximum atomic E-state index is 13.6. The van der Waals surface area contributed by atoms with Gasteiger partial charge in [0.15, 0.2) is 0 Å². The van der Waals surface area contributed by atoms with Crippen LogP contribution in [0.4, 0.5) is 10.5 Å². The molecule has 1 heterocycles. The smallest absolute Gasteiger partial charge is 0.421 e. The number of imide groups is 1. The van der Waals surface area contributed by atoms with E-state index >= 15 is 0 Å². The summed E-state index contributed by atoms with van der Waals surface area (Å²) in [5, 5.41) is -0.637. The van der Waals surface area contributed by atoms with Crippen molar-refractivity contribution in [1.29, 1.82) is 0 Å². The van der Waals surface area contributed by atoms with E-state index in [2.05, 4.69) is 19.6 Å². The van der Waals surface area contributed by atoms with Gasteiger partial charge in [-0.25, -0.2) is 9.69 Å². The Labute approximate surface area is 171 Å². The molecule has 8 heteroatoms. The molecular formula is C20H26ClNO5Si. The number of hydrogen-bond acceptors (Lipinski definition) is 5. The van der Waals surface area contributed by atoms with Crippen molar-refractivity contribution in [2.75, 3.05) is 18.6 Å². The lowest BCUT2D eigenvalue weighted by Crippen LogP contribution is -2.57. The number of nitrogens with zero attached hydrogens (tertiary/aromatic N) is 1. The lowest BCUT2D eigenvalue weighted by atomic mass is 9.69. The molecule has 0 aromatic heterocycles. The Hall–Kier alpha value is -1.83. The van der Waals surface area contributed by atoms with Crippen LogP contribution in [0.15, 0.2) is 36.1 Å². The number of anilines is 1. The molecule has 152 valence electrons. The Morgan fingerprint density at radius 2 is 2.00 bits per heavy atom. The van der Waals surface area contributed by atoms with Gasteiger partial charge in [-0.3, -0.25) is 4.79 Å². The first kappa shape index (κ1) is 20.9. The molecule has 3 rings (SSSR count). The van der Waals surface area contributed by atoms with E-state index in [1.807, 2.05) is 18.2 Å². The van der Waals surface area contributed by atoms with E-state index < -0.39 is 37.2 Å². The fourth-order valence-electron chi connectivity index (χ4n) is 3.98. The van der Waals surface area contributed by atoms with Gasteiger partial charge in [-0.05, 0) is 44.3 Å². The first-order chi connectivity index (χ1) is 13.2. The summed E-state index contributed by atoms with van der Waals surface area (Å²) in [5.74, 6) is 0.304. The van der Waals surface area contributed by atoms with Crippen molar-refractivity contribution in [3.8, 4) is 0 Å². The van der Waals surface area contributed by atoms with Crippen LogP contribution in [0.3, 0.4) is 0 Å². The van der Waals surface area contributed by atoms with Gasteiger partial charge in [0.25, 0.3) is 5.91 Å². The molecule has 3 atom stereocenters. The number of rotatable bonds is 4. The standard InChI is InChI=1S/C20H26ClNO5Si/c1-6-26-19(24)22-15-10-8-7-9-14(15)20(18(22)23)16(21)11-13(12-17(20)25-2)27-28(3,4)5/h7-10,12,16-17H,6,11H2,1-5H3/t16-,17-,20+/m0/s1. The van der Waals surface area contributed by atoms with Gasteiger partial charge >= 0.3 is 6.09 Å². The second-order valence-electron chi connectivity index (χ2n) is 7.90. The van der Waals surface area contributed by atoms with E-state index in [1.165, 1.54) is 7.11 Å². The molecule has 0 bridgehead atoms. The topological polar surface area (TPSA) is 65.1 Å². The van der Waals surface area contributed by atoms with E-state index in [0.717, 1.165) is 10.7 Å². The number of carbonyl (C=O) groups is 2. The number of amides is 2. The highest BCUT2D eigenvalue weighted by Crippen LogP contribution is 2.52. The molecule has 2 amide bonds. The van der Waals surface area contributed by atoms with Crippen LogP contribution in [0.2, 0.25) is 19.6 Å². The van der Waals surface area contributed by atoms with Crippen molar-refractivity contribution < 1.29 is 23.5 Å². The minimum Gasteiger partial charge on any atom is -0.547 e. The third-order valence-corrected chi connectivity index (χ3v) is 6.32. The third kappa shape index (κ3) is 3.25. The zero-order valence-electron chi connectivity index (χ0n) is 16.8. The monoisotopic (exact) mass is 423 g/mol. The van der Waals surface area contributed by atoms with Crippen LogP contribution >= 0.6 is 11.6 Å². The Morgan fingerprint density at radius 3 is 2.61 bits per heavy atom. The largest absolute Gasteiger partial charge is 0.547 e. The van der Waals surface area contributed by atoms with Gasteiger partial charge in [-0.1, -0.05) is 18.2 Å². The fraction of sp³-hybridized carbons (Fsp3) is 0.500. The molecule has 2 aliphatic rings. The van der Waals surface area contributed by atoms with Gasteiger partial charge in [-0.15, -0.1) is 11.6 Å². The number of alkyl halides is 1. The van der Waals surface area contributed by atoms with Gasteiger partial charge in [0.2, 0.25) is 8.32 Å². The number of methoxy groups -OCH3 is 1. The van der Waals surface area contributed by atoms with Crippen LogP contribution in [0.1, 0.15) is 18.9 Å². The zero-order valence-corrected chi connectivity index (χ0v) is 18.6. The Balaban J connectivity index is 2.14. The second-order valence-corrected chi connectivity index (χ2v) is 12.9. The van der Waals surface area contributed by atoms with Gasteiger partial charge < -0.3 is 13.9 Å². The van der Waals surface area contributed by atoms with Crippen molar-refractivity contribution >= 4 is 37.6 Å². The Bertz CT molecular complexity index is 821. The molecule has 1 spiro atoms. The van der Waals surface area contributed by atoms with E-state index in [0.29, 0.717) is 17.7 Å². The minimum absolute atomic E-state index is 0.171. The summed E-state index contributed by atoms with van der Waals surface area (Å²) in [4.78, 5) is 27.3. The predicted molar refractivity (Wildman–Crippen MR) is 110 cm³/mol. The lowest BCUT2D eigenvalue weighted by molar-refractivity contribution is -0.127. The molecule has 1 aliphatic carbocycles. The summed E-state index contributed by atoms with van der Waals surface area (Å²) in [6, 6.07) is 7.16. The molecule has 1 aromatic carbocycles. The molecular weight excluding hydrogens is 398 g/mol. The molecule has 28 heavy (non-hydrogen) atoms. The highest BCUT2D eigenvalue weighted by atomic mass is 35.5. The number of halogens is 1. The van der Waals surface area contributed by atoms with Crippen molar-refractivity contribution in [3.63, 3.8) is 0 Å². The third-order valence-electron chi connectivity index (χ3n) is 4.95.